The maximum Gasteiger partial charge on any atom is 0.243 e. The molecule has 0 saturated heterocycles. The Bertz CT molecular complexity index is 134. The highest BCUT2D eigenvalue weighted by atomic mass is 16.5. The van der Waals surface area contributed by atoms with Crippen LogP contribution in [0.25, 0.3) is 0 Å². The van der Waals surface area contributed by atoms with Gasteiger partial charge in [0.2, 0.25) is 5.91 Å². The molecule has 3 heteroatoms. The van der Waals surface area contributed by atoms with Crippen LogP contribution in [0.3, 0.4) is 0 Å². The van der Waals surface area contributed by atoms with Gasteiger partial charge in [-0.2, -0.15) is 0 Å². The van der Waals surface area contributed by atoms with Crippen molar-refractivity contribution in [2.45, 2.75) is 19.8 Å². The number of rotatable bonds is 7. The third kappa shape index (κ3) is 7.28. The first-order valence-corrected chi connectivity index (χ1v) is 4.29. The van der Waals surface area contributed by atoms with Gasteiger partial charge in [-0.15, -0.1) is 0 Å². The Kier molecular flexibility index (Phi) is 7.70. The Morgan fingerprint density at radius 1 is 1.58 bits per heavy atom. The van der Waals surface area contributed by atoms with Crippen LogP contribution < -0.4 is 5.32 Å². The second kappa shape index (κ2) is 8.27. The highest BCUT2D eigenvalue weighted by Gasteiger charge is 1.92. The van der Waals surface area contributed by atoms with E-state index in [-0.39, 0.29) is 5.91 Å². The molecule has 12 heavy (non-hydrogen) atoms. The van der Waals surface area contributed by atoms with Crippen molar-refractivity contribution in [1.29, 1.82) is 0 Å². The van der Waals surface area contributed by atoms with E-state index in [1.807, 2.05) is 6.92 Å². The summed E-state index contributed by atoms with van der Waals surface area (Å²) in [5, 5.41) is 2.70. The van der Waals surface area contributed by atoms with Gasteiger partial charge < -0.3 is 10.1 Å². The molecule has 0 bridgehead atoms. The average molecular weight is 171 g/mol. The third-order valence-corrected chi connectivity index (χ3v) is 1.40. The first-order valence-electron chi connectivity index (χ1n) is 4.29. The predicted octanol–water partition coefficient (Wildman–Crippen LogP) is 1.11. The van der Waals surface area contributed by atoms with Crippen molar-refractivity contribution in [1.82, 2.24) is 5.32 Å². The molecular formula is C9H17NO2. The molecule has 1 N–H and O–H groups in total. The number of ether oxygens (including phenoxy) is 1. The highest BCUT2D eigenvalue weighted by Crippen LogP contribution is 1.87. The molecule has 0 aliphatic rings. The van der Waals surface area contributed by atoms with Crippen molar-refractivity contribution in [2.24, 2.45) is 0 Å². The minimum atomic E-state index is -0.105. The monoisotopic (exact) mass is 171 g/mol. The SMILES string of the molecule is C=CC(=O)NCCCCOCC. The lowest BCUT2D eigenvalue weighted by molar-refractivity contribution is -0.116. The predicted molar refractivity (Wildman–Crippen MR) is 48.9 cm³/mol. The van der Waals surface area contributed by atoms with Crippen LogP contribution in [-0.4, -0.2) is 25.7 Å². The Labute approximate surface area is 73.8 Å². The van der Waals surface area contributed by atoms with Gasteiger partial charge in [-0.3, -0.25) is 4.79 Å². The van der Waals surface area contributed by atoms with Crippen molar-refractivity contribution in [3.05, 3.63) is 12.7 Å². The molecule has 0 aromatic heterocycles. The lowest BCUT2D eigenvalue weighted by Crippen LogP contribution is -2.22. The standard InChI is InChI=1S/C9H17NO2/c1-3-9(11)10-7-5-6-8-12-4-2/h3H,1,4-8H2,2H3,(H,10,11). The van der Waals surface area contributed by atoms with E-state index in [9.17, 15) is 4.79 Å². The van der Waals surface area contributed by atoms with Gasteiger partial charge in [0, 0.05) is 19.8 Å². The number of carbonyl (C=O) groups excluding carboxylic acids is 1. The molecule has 1 amide bonds. The first kappa shape index (κ1) is 11.2. The zero-order chi connectivity index (χ0) is 9.23. The molecule has 0 fully saturated rings. The number of unbranched alkanes of at least 4 members (excludes halogenated alkanes) is 1. The van der Waals surface area contributed by atoms with Crippen LogP contribution in [0.2, 0.25) is 0 Å². The fourth-order valence-electron chi connectivity index (χ4n) is 0.757. The van der Waals surface area contributed by atoms with Gasteiger partial charge in [0.15, 0.2) is 0 Å². The number of nitrogens with one attached hydrogen (secondary N) is 1. The summed E-state index contributed by atoms with van der Waals surface area (Å²) < 4.78 is 5.13. The molecule has 0 aliphatic carbocycles. The zero-order valence-corrected chi connectivity index (χ0v) is 7.64. The van der Waals surface area contributed by atoms with Gasteiger partial charge in [0.25, 0.3) is 0 Å². The Morgan fingerprint density at radius 3 is 2.92 bits per heavy atom. The molecular weight excluding hydrogens is 154 g/mol. The summed E-state index contributed by atoms with van der Waals surface area (Å²) in [6.07, 6.45) is 3.23. The van der Waals surface area contributed by atoms with E-state index < -0.39 is 0 Å². The van der Waals surface area contributed by atoms with Crippen LogP contribution in [0.1, 0.15) is 19.8 Å². The minimum Gasteiger partial charge on any atom is -0.382 e. The van der Waals surface area contributed by atoms with Crippen LogP contribution in [0.5, 0.6) is 0 Å². The van der Waals surface area contributed by atoms with Crippen molar-refractivity contribution >= 4 is 5.91 Å². The van der Waals surface area contributed by atoms with E-state index in [1.54, 1.807) is 0 Å². The van der Waals surface area contributed by atoms with E-state index in [2.05, 4.69) is 11.9 Å². The highest BCUT2D eigenvalue weighted by molar-refractivity contribution is 5.86. The largest absolute Gasteiger partial charge is 0.382 e. The number of amides is 1. The number of hydrogen-bond donors (Lipinski definition) is 1. The average Bonchev–Trinajstić information content (AvgIpc) is 2.10. The normalized spacial score (nSPS) is 9.42. The van der Waals surface area contributed by atoms with Gasteiger partial charge in [-0.1, -0.05) is 6.58 Å². The Hall–Kier alpha value is -0.830. The summed E-state index contributed by atoms with van der Waals surface area (Å²) in [7, 11) is 0. The van der Waals surface area contributed by atoms with Gasteiger partial charge >= 0.3 is 0 Å². The summed E-state index contributed by atoms with van der Waals surface area (Å²) in [6.45, 7) is 7.57. The molecule has 0 aliphatic heterocycles. The van der Waals surface area contributed by atoms with Crippen LogP contribution in [0.15, 0.2) is 12.7 Å². The van der Waals surface area contributed by atoms with E-state index in [1.165, 1.54) is 6.08 Å². The molecule has 0 spiro atoms. The molecule has 0 radical (unpaired) electrons. The fourth-order valence-corrected chi connectivity index (χ4v) is 0.757. The maximum absolute atomic E-state index is 10.6. The van der Waals surface area contributed by atoms with Crippen LogP contribution >= 0.6 is 0 Å². The smallest absolute Gasteiger partial charge is 0.243 e. The van der Waals surface area contributed by atoms with Gasteiger partial charge in [-0.05, 0) is 25.8 Å². The van der Waals surface area contributed by atoms with E-state index in [0.717, 1.165) is 26.1 Å². The maximum atomic E-state index is 10.6. The quantitative estimate of drug-likeness (QED) is 0.460. The Balaban J connectivity index is 3.00. The van der Waals surface area contributed by atoms with Gasteiger partial charge in [0.05, 0.1) is 0 Å². The van der Waals surface area contributed by atoms with Gasteiger partial charge in [-0.25, -0.2) is 0 Å². The van der Waals surface area contributed by atoms with Crippen molar-refractivity contribution in [3.8, 4) is 0 Å². The van der Waals surface area contributed by atoms with Crippen LogP contribution in [-0.2, 0) is 9.53 Å². The molecule has 3 nitrogen and oxygen atoms in total. The van der Waals surface area contributed by atoms with E-state index in [4.69, 9.17) is 4.74 Å². The lowest BCUT2D eigenvalue weighted by Gasteiger charge is -2.02. The summed E-state index contributed by atoms with van der Waals surface area (Å²) in [5.74, 6) is -0.105. The zero-order valence-electron chi connectivity index (χ0n) is 7.64. The molecule has 0 aromatic rings. The first-order chi connectivity index (χ1) is 5.81. The summed E-state index contributed by atoms with van der Waals surface area (Å²) in [6, 6.07) is 0. The third-order valence-electron chi connectivity index (χ3n) is 1.40. The molecule has 0 heterocycles. The van der Waals surface area contributed by atoms with Crippen molar-refractivity contribution in [2.75, 3.05) is 19.8 Å². The Morgan fingerprint density at radius 2 is 2.33 bits per heavy atom. The summed E-state index contributed by atoms with van der Waals surface area (Å²) in [4.78, 5) is 10.6. The second-order valence-electron chi connectivity index (χ2n) is 2.40. The molecule has 70 valence electrons. The van der Waals surface area contributed by atoms with E-state index >= 15 is 0 Å². The topological polar surface area (TPSA) is 38.3 Å². The minimum absolute atomic E-state index is 0.105. The van der Waals surface area contributed by atoms with Crippen LogP contribution in [0, 0.1) is 0 Å². The molecule has 0 atom stereocenters. The van der Waals surface area contributed by atoms with Crippen molar-refractivity contribution < 1.29 is 9.53 Å². The second-order valence-corrected chi connectivity index (χ2v) is 2.40. The number of hydrogen-bond acceptors (Lipinski definition) is 2. The molecule has 0 saturated carbocycles. The van der Waals surface area contributed by atoms with E-state index in [0.29, 0.717) is 6.54 Å². The van der Waals surface area contributed by atoms with Gasteiger partial charge in [0.1, 0.15) is 0 Å². The van der Waals surface area contributed by atoms with Crippen molar-refractivity contribution in [3.63, 3.8) is 0 Å². The molecule has 0 aromatic carbocycles. The summed E-state index contributed by atoms with van der Waals surface area (Å²) in [5.41, 5.74) is 0. The molecule has 0 rings (SSSR count). The number of carbonyl (C=O) groups is 1. The lowest BCUT2D eigenvalue weighted by atomic mass is 10.3. The summed E-state index contributed by atoms with van der Waals surface area (Å²) >= 11 is 0. The molecule has 0 unspecified atom stereocenters. The fraction of sp³-hybridized carbons (Fsp3) is 0.667. The van der Waals surface area contributed by atoms with Crippen LogP contribution in [0.4, 0.5) is 0 Å².